The number of hydrogen-bond acceptors (Lipinski definition) is 8. The fraction of sp³-hybridized carbons (Fsp3) is 0.308. The minimum Gasteiger partial charge on any atom is -0.454 e. The number of rotatable bonds is 6. The number of aryl methyl sites for hydroxylation is 1. The first-order valence-corrected chi connectivity index (χ1v) is 12.2. The summed E-state index contributed by atoms with van der Waals surface area (Å²) in [5, 5.41) is 5.57. The first-order chi connectivity index (χ1) is 19.1. The Balaban J connectivity index is 1.53. The number of hydrogen-bond donors (Lipinski definition) is 2. The van der Waals surface area contributed by atoms with Crippen LogP contribution in [-0.4, -0.2) is 50.7 Å². The highest BCUT2D eigenvalue weighted by molar-refractivity contribution is 5.88. The van der Waals surface area contributed by atoms with E-state index in [0.717, 1.165) is 6.07 Å². The lowest BCUT2D eigenvalue weighted by Crippen LogP contribution is -2.13. The summed E-state index contributed by atoms with van der Waals surface area (Å²) in [5.41, 5.74) is 0.669. The Morgan fingerprint density at radius 2 is 2.08 bits per heavy atom. The molecule has 2 N–H and O–H groups in total. The van der Waals surface area contributed by atoms with Crippen LogP contribution in [0.2, 0.25) is 0 Å². The van der Waals surface area contributed by atoms with E-state index in [-0.39, 0.29) is 23.5 Å². The highest BCUT2D eigenvalue weighted by Crippen LogP contribution is 2.35. The topological polar surface area (TPSA) is 120 Å². The predicted octanol–water partition coefficient (Wildman–Crippen LogP) is 5.09. The van der Waals surface area contributed by atoms with Gasteiger partial charge in [0.15, 0.2) is 17.0 Å². The number of imidazole rings is 1. The van der Waals surface area contributed by atoms with Crippen molar-refractivity contribution in [2.45, 2.75) is 25.4 Å². The molecule has 0 aliphatic carbocycles. The number of amides is 1. The number of carbonyl (C=O) groups excluding carboxylic acids is 1. The van der Waals surface area contributed by atoms with Gasteiger partial charge in [0.05, 0.1) is 12.8 Å². The quantitative estimate of drug-likeness (QED) is 0.339. The lowest BCUT2D eigenvalue weighted by molar-refractivity contribution is -0.141. The molecule has 4 aromatic rings. The zero-order valence-corrected chi connectivity index (χ0v) is 21.7. The maximum absolute atomic E-state index is 13.7. The summed E-state index contributed by atoms with van der Waals surface area (Å²) in [7, 11) is 3.22. The Hall–Kier alpha value is -4.77. The van der Waals surface area contributed by atoms with Crippen LogP contribution >= 0.6 is 0 Å². The maximum atomic E-state index is 13.7. The molecule has 1 atom stereocenters. The molecule has 1 fully saturated rings. The van der Waals surface area contributed by atoms with Gasteiger partial charge in [0.2, 0.25) is 11.9 Å². The van der Waals surface area contributed by atoms with Crippen molar-refractivity contribution in [3.05, 3.63) is 58.5 Å². The molecule has 1 saturated heterocycles. The van der Waals surface area contributed by atoms with Crippen molar-refractivity contribution in [2.75, 3.05) is 30.9 Å². The van der Waals surface area contributed by atoms with Crippen molar-refractivity contribution in [1.82, 2.24) is 24.5 Å². The molecule has 0 unspecified atom stereocenters. The van der Waals surface area contributed by atoms with Crippen LogP contribution in [0.4, 0.5) is 30.6 Å². The number of halogens is 3. The van der Waals surface area contributed by atoms with Crippen LogP contribution < -0.4 is 15.4 Å². The predicted molar refractivity (Wildman–Crippen MR) is 140 cm³/mol. The van der Waals surface area contributed by atoms with Crippen molar-refractivity contribution in [3.8, 4) is 17.6 Å². The Bertz CT molecular complexity index is 1650. The molecule has 1 amide bonds. The summed E-state index contributed by atoms with van der Waals surface area (Å²) in [5.74, 6) is 0.698. The number of fused-ring (bicyclic) bond motifs is 1. The van der Waals surface area contributed by atoms with Crippen molar-refractivity contribution in [1.29, 1.82) is 0 Å². The number of aromatic nitrogens is 5. The maximum Gasteiger partial charge on any atom is 0.433 e. The highest BCUT2D eigenvalue weighted by atomic mass is 19.4. The Kier molecular flexibility index (Phi) is 7.22. The van der Waals surface area contributed by atoms with Crippen molar-refractivity contribution in [3.63, 3.8) is 0 Å². The summed E-state index contributed by atoms with van der Waals surface area (Å²) < 4.78 is 54.0. The molecular formula is C26H24F3N8O3+. The second kappa shape index (κ2) is 10.8. The van der Waals surface area contributed by atoms with Crippen LogP contribution in [0.25, 0.3) is 16.0 Å². The summed E-state index contributed by atoms with van der Waals surface area (Å²) in [4.78, 5) is 32.2. The average Bonchev–Trinajstić information content (AvgIpc) is 3.54. The number of alkyl halides is 3. The zero-order chi connectivity index (χ0) is 28.4. The first-order valence-electron chi connectivity index (χ1n) is 12.2. The first kappa shape index (κ1) is 26.8. The lowest BCUT2D eigenvalue weighted by atomic mass is 10.0. The fourth-order valence-corrected chi connectivity index (χ4v) is 4.29. The van der Waals surface area contributed by atoms with Gasteiger partial charge in [-0.05, 0) is 24.6 Å². The Morgan fingerprint density at radius 3 is 2.77 bits per heavy atom. The molecule has 0 radical (unpaired) electrons. The molecule has 206 valence electrons. The molecule has 0 aromatic carbocycles. The van der Waals surface area contributed by atoms with Gasteiger partial charge in [-0.1, -0.05) is 4.85 Å². The van der Waals surface area contributed by atoms with Gasteiger partial charge < -0.3 is 24.7 Å². The van der Waals surface area contributed by atoms with Gasteiger partial charge in [-0.15, -0.1) is 0 Å². The van der Waals surface area contributed by atoms with Crippen molar-refractivity contribution < 1.29 is 27.4 Å². The molecule has 1 aliphatic rings. The van der Waals surface area contributed by atoms with Crippen LogP contribution in [0.3, 0.4) is 0 Å². The normalized spacial score (nSPS) is 15.0. The van der Waals surface area contributed by atoms with Crippen LogP contribution in [0.5, 0.6) is 11.5 Å². The van der Waals surface area contributed by atoms with Crippen LogP contribution in [0.15, 0.2) is 36.7 Å². The van der Waals surface area contributed by atoms with Gasteiger partial charge in [-0.2, -0.15) is 18.2 Å². The molecule has 14 heteroatoms. The molecule has 11 nitrogen and oxygen atoms in total. The molecule has 0 saturated carbocycles. The molecule has 1 aliphatic heterocycles. The van der Waals surface area contributed by atoms with Crippen LogP contribution in [0.1, 0.15) is 36.2 Å². The van der Waals surface area contributed by atoms with Crippen LogP contribution in [-0.2, 0) is 22.8 Å². The Labute approximate surface area is 226 Å². The smallest absolute Gasteiger partial charge is 0.433 e. The fourth-order valence-electron chi connectivity index (χ4n) is 4.29. The number of carbonyl (C=O) groups is 1. The molecule has 0 bridgehead atoms. The third-order valence-corrected chi connectivity index (χ3v) is 6.09. The number of nitrogens with zero attached hydrogens (tertiary/aromatic N) is 6. The molecule has 0 spiro atoms. The van der Waals surface area contributed by atoms with Gasteiger partial charge in [0, 0.05) is 50.1 Å². The van der Waals surface area contributed by atoms with E-state index >= 15 is 0 Å². The SMILES string of the molecule is C[N+]#Cc1c(Oc2ccnc(NC(C)=O)c2)cnc2nc(Nc3cc([C@@H]4CCOC4)nc(C(F)(F)F)c3)n(C)c12. The third kappa shape index (κ3) is 5.64. The standard InChI is InChI=1S/C26H23F3N8O3/c1-14(38)33-22-10-17(4-6-31-22)40-20-12-32-24-23(18(20)11-30-2)37(3)25(36-24)34-16-8-19(15-5-7-39-13-15)35-21(9-16)26(27,28)29/h4,6,8-10,12,15H,5,7,13H2,1-3H3,(H-,31,32,33,34,35,36,38)/p+1/t15-/m1/s1. The number of pyridine rings is 3. The van der Waals surface area contributed by atoms with Gasteiger partial charge >= 0.3 is 12.2 Å². The summed E-state index contributed by atoms with van der Waals surface area (Å²) in [6, 6.07) is 8.56. The average molecular weight is 554 g/mol. The Morgan fingerprint density at radius 1 is 1.25 bits per heavy atom. The molecule has 5 heterocycles. The lowest BCUT2D eigenvalue weighted by Gasteiger charge is -2.15. The second-order valence-corrected chi connectivity index (χ2v) is 9.01. The number of anilines is 3. The largest absolute Gasteiger partial charge is 0.454 e. The van der Waals surface area contributed by atoms with E-state index in [1.165, 1.54) is 26.4 Å². The van der Waals surface area contributed by atoms with Crippen LogP contribution in [0, 0.1) is 6.07 Å². The molecule has 40 heavy (non-hydrogen) atoms. The molecule has 5 rings (SSSR count). The van der Waals surface area contributed by atoms with Gasteiger partial charge in [0.1, 0.15) is 22.8 Å². The molecule has 4 aromatic heterocycles. The van der Waals surface area contributed by atoms with E-state index in [1.54, 1.807) is 29.8 Å². The monoisotopic (exact) mass is 553 g/mol. The number of nitrogens with one attached hydrogen (secondary N) is 2. The minimum absolute atomic E-state index is 0.177. The van der Waals surface area contributed by atoms with E-state index in [9.17, 15) is 18.0 Å². The van der Waals surface area contributed by atoms with E-state index in [2.05, 4.69) is 41.5 Å². The van der Waals surface area contributed by atoms with E-state index in [1.807, 2.05) is 0 Å². The minimum atomic E-state index is -4.63. The highest BCUT2D eigenvalue weighted by Gasteiger charge is 2.34. The van der Waals surface area contributed by atoms with E-state index in [4.69, 9.17) is 9.47 Å². The third-order valence-electron chi connectivity index (χ3n) is 6.09. The number of ether oxygens (including phenoxy) is 2. The van der Waals surface area contributed by atoms with E-state index < -0.39 is 11.9 Å². The van der Waals surface area contributed by atoms with Crippen molar-refractivity contribution >= 4 is 34.5 Å². The zero-order valence-electron chi connectivity index (χ0n) is 21.7. The van der Waals surface area contributed by atoms with Gasteiger partial charge in [0.25, 0.3) is 7.05 Å². The molecular weight excluding hydrogens is 529 g/mol. The van der Waals surface area contributed by atoms with Gasteiger partial charge in [-0.3, -0.25) is 4.79 Å². The summed E-state index contributed by atoms with van der Waals surface area (Å²) in [6.45, 7) is 2.15. The summed E-state index contributed by atoms with van der Waals surface area (Å²) in [6.07, 6.45) is -1.12. The second-order valence-electron chi connectivity index (χ2n) is 9.01. The van der Waals surface area contributed by atoms with E-state index in [0.29, 0.717) is 59.4 Å². The van der Waals surface area contributed by atoms with Gasteiger partial charge in [-0.25, -0.2) is 15.0 Å². The summed E-state index contributed by atoms with van der Waals surface area (Å²) >= 11 is 0. The van der Waals surface area contributed by atoms with Crippen molar-refractivity contribution in [2.24, 2.45) is 7.05 Å².